The lowest BCUT2D eigenvalue weighted by molar-refractivity contribution is 0.0923. The number of hydrogen-bond acceptors (Lipinski definition) is 1. The first kappa shape index (κ1) is 28.8. The summed E-state index contributed by atoms with van der Waals surface area (Å²) < 4.78 is 0. The fraction of sp³-hybridized carbons (Fsp3) is 0.947. The summed E-state index contributed by atoms with van der Waals surface area (Å²) in [6.07, 6.45) is 37.2. The van der Waals surface area contributed by atoms with Gasteiger partial charge < -0.3 is 5.73 Å². The zero-order valence-corrected chi connectivity index (χ0v) is 26.2. The average Bonchev–Trinajstić information content (AvgIpc) is 3.52. The van der Waals surface area contributed by atoms with Gasteiger partial charge >= 0.3 is 0 Å². The second kappa shape index (κ2) is 12.9. The Morgan fingerprint density at radius 2 is 1.21 bits per heavy atom. The van der Waals surface area contributed by atoms with E-state index in [4.69, 9.17) is 5.73 Å². The van der Waals surface area contributed by atoms with Gasteiger partial charge in [-0.2, -0.15) is 0 Å². The van der Waals surface area contributed by atoms with Crippen LogP contribution in [0.3, 0.4) is 0 Å². The van der Waals surface area contributed by atoms with Crippen molar-refractivity contribution in [2.24, 2.45) is 64.4 Å². The molecule has 0 aliphatic heterocycles. The summed E-state index contributed by atoms with van der Waals surface area (Å²) in [5, 5.41) is 0. The predicted molar refractivity (Wildman–Crippen MR) is 167 cm³/mol. The Hall–Kier alpha value is -0.300. The van der Waals surface area contributed by atoms with Crippen LogP contribution < -0.4 is 5.73 Å². The van der Waals surface area contributed by atoms with Crippen LogP contribution in [0.2, 0.25) is 0 Å². The quantitative estimate of drug-likeness (QED) is 0.322. The van der Waals surface area contributed by atoms with Crippen molar-refractivity contribution in [1.82, 2.24) is 0 Å². The van der Waals surface area contributed by atoms with Crippen molar-refractivity contribution < 1.29 is 0 Å². The zero-order chi connectivity index (χ0) is 26.8. The average molecular weight is 536 g/mol. The smallest absolute Gasteiger partial charge is 0.00390 e. The Balaban J connectivity index is 0.892. The van der Waals surface area contributed by atoms with Crippen LogP contribution in [-0.4, -0.2) is 6.04 Å². The third-order valence-corrected chi connectivity index (χ3v) is 14.6. The first-order valence-electron chi connectivity index (χ1n) is 18.4. The van der Waals surface area contributed by atoms with E-state index in [0.29, 0.717) is 11.5 Å². The van der Waals surface area contributed by atoms with Crippen molar-refractivity contribution >= 4 is 0 Å². The first-order valence-corrected chi connectivity index (χ1v) is 18.4. The minimum absolute atomic E-state index is 0.510. The molecule has 0 bridgehead atoms. The summed E-state index contributed by atoms with van der Waals surface area (Å²) >= 11 is 0. The molecule has 39 heavy (non-hydrogen) atoms. The van der Waals surface area contributed by atoms with Crippen molar-refractivity contribution in [3.05, 3.63) is 11.6 Å². The SMILES string of the molecule is C[C@H](C1CCC(CC2CCC(N)CC2)CC1)C1CCC(C2CCC(/C=C3/CCC3(C)C3CCCC3)CC2)CC1. The highest BCUT2D eigenvalue weighted by atomic mass is 14.6. The van der Waals surface area contributed by atoms with Crippen molar-refractivity contribution in [1.29, 1.82) is 0 Å². The Morgan fingerprint density at radius 3 is 1.74 bits per heavy atom. The maximum absolute atomic E-state index is 6.16. The zero-order valence-electron chi connectivity index (χ0n) is 26.2. The molecule has 6 aliphatic carbocycles. The van der Waals surface area contributed by atoms with Crippen LogP contribution in [0.1, 0.15) is 162 Å². The molecular weight excluding hydrogens is 470 g/mol. The molecule has 0 heterocycles. The van der Waals surface area contributed by atoms with E-state index in [0.717, 1.165) is 53.3 Å². The van der Waals surface area contributed by atoms with Gasteiger partial charge in [-0.15, -0.1) is 0 Å². The van der Waals surface area contributed by atoms with Crippen LogP contribution in [-0.2, 0) is 0 Å². The number of allylic oxidation sites excluding steroid dienone is 2. The topological polar surface area (TPSA) is 26.0 Å². The molecule has 0 aromatic rings. The van der Waals surface area contributed by atoms with Gasteiger partial charge in [-0.25, -0.2) is 0 Å². The van der Waals surface area contributed by atoms with Crippen LogP contribution in [0.15, 0.2) is 11.6 Å². The van der Waals surface area contributed by atoms with Crippen molar-refractivity contribution in [2.75, 3.05) is 0 Å². The van der Waals surface area contributed by atoms with Crippen LogP contribution >= 0.6 is 0 Å². The third-order valence-electron chi connectivity index (χ3n) is 14.6. The Labute approximate surface area is 243 Å². The standard InChI is InChI=1S/C38H65N/c1-27(31-13-7-28(8-14-31)25-29-11-21-37(39)22-12-29)32-17-19-34(20-18-32)33-15-9-30(10-16-33)26-36-23-24-38(36,2)35-5-3-4-6-35/h26-35,37H,3-25,39H2,1-2H3/b36-26-/t27-,28?,29?,30?,31?,32?,33?,34?,37?,38?/m1/s1. The third kappa shape index (κ3) is 6.70. The van der Waals surface area contributed by atoms with Crippen LogP contribution in [0.4, 0.5) is 0 Å². The fourth-order valence-electron chi connectivity index (χ4n) is 11.4. The highest BCUT2D eigenvalue weighted by molar-refractivity contribution is 5.25. The summed E-state index contributed by atoms with van der Waals surface area (Å²) in [5.41, 5.74) is 8.65. The molecule has 0 radical (unpaired) electrons. The van der Waals surface area contributed by atoms with Gasteiger partial charge in [0, 0.05) is 6.04 Å². The molecule has 1 nitrogen and oxygen atoms in total. The van der Waals surface area contributed by atoms with E-state index in [2.05, 4.69) is 19.9 Å². The molecular formula is C38H65N. The molecule has 6 fully saturated rings. The molecule has 0 aromatic carbocycles. The molecule has 1 unspecified atom stereocenters. The van der Waals surface area contributed by atoms with Crippen LogP contribution in [0.25, 0.3) is 0 Å². The number of hydrogen-bond donors (Lipinski definition) is 1. The Bertz CT molecular complexity index is 776. The fourth-order valence-corrected chi connectivity index (χ4v) is 11.4. The normalized spacial score (nSPS) is 46.2. The van der Waals surface area contributed by atoms with E-state index in [1.54, 1.807) is 25.7 Å². The minimum Gasteiger partial charge on any atom is -0.328 e. The van der Waals surface area contributed by atoms with Crippen molar-refractivity contribution in [3.8, 4) is 0 Å². The first-order chi connectivity index (χ1) is 19.0. The molecule has 0 saturated heterocycles. The van der Waals surface area contributed by atoms with Gasteiger partial charge in [0.1, 0.15) is 0 Å². The van der Waals surface area contributed by atoms with E-state index in [1.165, 1.54) is 122 Å². The Morgan fingerprint density at radius 1 is 0.692 bits per heavy atom. The second-order valence-corrected chi connectivity index (χ2v) is 16.6. The van der Waals surface area contributed by atoms with Gasteiger partial charge in [-0.3, -0.25) is 0 Å². The minimum atomic E-state index is 0.510. The lowest BCUT2D eigenvalue weighted by atomic mass is 9.57. The van der Waals surface area contributed by atoms with E-state index >= 15 is 0 Å². The van der Waals surface area contributed by atoms with Crippen molar-refractivity contribution in [2.45, 2.75) is 168 Å². The van der Waals surface area contributed by atoms with Gasteiger partial charge in [0.25, 0.3) is 0 Å². The van der Waals surface area contributed by atoms with E-state index in [-0.39, 0.29) is 0 Å². The van der Waals surface area contributed by atoms with Gasteiger partial charge in [0.2, 0.25) is 0 Å². The van der Waals surface area contributed by atoms with E-state index in [9.17, 15) is 0 Å². The molecule has 1 heteroatoms. The summed E-state index contributed by atoms with van der Waals surface area (Å²) in [5.74, 6) is 9.15. The summed E-state index contributed by atoms with van der Waals surface area (Å²) in [4.78, 5) is 0. The number of rotatable bonds is 7. The second-order valence-electron chi connectivity index (χ2n) is 16.6. The number of nitrogens with two attached hydrogens (primary N) is 1. The van der Waals surface area contributed by atoms with Gasteiger partial charge in [-0.1, -0.05) is 51.2 Å². The maximum Gasteiger partial charge on any atom is 0.00390 e. The molecule has 0 spiro atoms. The molecule has 6 aliphatic rings. The Kier molecular flexibility index (Phi) is 9.54. The highest BCUT2D eigenvalue weighted by Crippen LogP contribution is 2.57. The summed E-state index contributed by atoms with van der Waals surface area (Å²) in [6, 6.07) is 0.510. The molecule has 0 aromatic heterocycles. The lowest BCUT2D eigenvalue weighted by Gasteiger charge is -2.48. The molecule has 2 N–H and O–H groups in total. The molecule has 6 saturated carbocycles. The molecule has 222 valence electrons. The summed E-state index contributed by atoms with van der Waals surface area (Å²) in [7, 11) is 0. The van der Waals surface area contributed by atoms with Gasteiger partial charge in [0.15, 0.2) is 0 Å². The largest absolute Gasteiger partial charge is 0.328 e. The maximum atomic E-state index is 6.16. The summed E-state index contributed by atoms with van der Waals surface area (Å²) in [6.45, 7) is 5.29. The molecule has 0 amide bonds. The lowest BCUT2D eigenvalue weighted by Crippen LogP contribution is -2.36. The van der Waals surface area contributed by atoms with Crippen molar-refractivity contribution in [3.63, 3.8) is 0 Å². The van der Waals surface area contributed by atoms with E-state index < -0.39 is 0 Å². The van der Waals surface area contributed by atoms with E-state index in [1.807, 2.05) is 5.57 Å². The van der Waals surface area contributed by atoms with Crippen LogP contribution in [0.5, 0.6) is 0 Å². The predicted octanol–water partition coefficient (Wildman–Crippen LogP) is 10.9. The van der Waals surface area contributed by atoms with Crippen LogP contribution in [0, 0.1) is 58.7 Å². The molecule has 6 rings (SSSR count). The van der Waals surface area contributed by atoms with Gasteiger partial charge in [0.05, 0.1) is 0 Å². The monoisotopic (exact) mass is 536 g/mol. The highest BCUT2D eigenvalue weighted by Gasteiger charge is 2.45. The molecule has 2 atom stereocenters. The van der Waals surface area contributed by atoms with Gasteiger partial charge in [-0.05, 0) is 181 Å².